The maximum atomic E-state index is 13.1. The van der Waals surface area contributed by atoms with Crippen molar-refractivity contribution in [2.75, 3.05) is 5.32 Å². The van der Waals surface area contributed by atoms with Gasteiger partial charge in [-0.1, -0.05) is 24.3 Å². The first-order chi connectivity index (χ1) is 10.2. The minimum atomic E-state index is -0.317. The zero-order valence-corrected chi connectivity index (χ0v) is 11.2. The van der Waals surface area contributed by atoms with Crippen LogP contribution in [0.25, 0.3) is 11.3 Å². The minimum absolute atomic E-state index is 0.314. The highest BCUT2D eigenvalue weighted by Crippen LogP contribution is 2.25. The number of halogens is 1. The summed E-state index contributed by atoms with van der Waals surface area (Å²) in [6.07, 6.45) is 1.62. The van der Waals surface area contributed by atoms with Crippen LogP contribution in [0.5, 0.6) is 0 Å². The summed E-state index contributed by atoms with van der Waals surface area (Å²) in [6.45, 7) is 0.469. The number of benzene rings is 2. The van der Waals surface area contributed by atoms with E-state index in [1.54, 1.807) is 18.3 Å². The average molecular weight is 283 g/mol. The van der Waals surface area contributed by atoms with Gasteiger partial charge in [-0.05, 0) is 29.8 Å². The Kier molecular flexibility index (Phi) is 3.66. The Morgan fingerprint density at radius 3 is 2.81 bits per heavy atom. The Morgan fingerprint density at radius 1 is 1.14 bits per heavy atom. The first-order valence-electron chi connectivity index (χ1n) is 6.52. The normalized spacial score (nSPS) is 10.6. The van der Waals surface area contributed by atoms with Gasteiger partial charge in [0, 0.05) is 17.8 Å². The predicted octanol–water partition coefficient (Wildman–Crippen LogP) is 3.68. The first kappa shape index (κ1) is 13.3. The smallest absolute Gasteiger partial charge is 0.299 e. The van der Waals surface area contributed by atoms with E-state index in [9.17, 15) is 4.39 Å². The molecule has 106 valence electrons. The molecule has 0 bridgehead atoms. The van der Waals surface area contributed by atoms with E-state index in [4.69, 9.17) is 10.2 Å². The van der Waals surface area contributed by atoms with Gasteiger partial charge in [0.15, 0.2) is 5.76 Å². The second-order valence-electron chi connectivity index (χ2n) is 4.57. The second-order valence-corrected chi connectivity index (χ2v) is 4.57. The molecule has 0 amide bonds. The number of oxazole rings is 1. The van der Waals surface area contributed by atoms with Crippen LogP contribution in [-0.2, 0) is 6.54 Å². The summed E-state index contributed by atoms with van der Waals surface area (Å²) >= 11 is 0. The molecule has 0 unspecified atom stereocenters. The van der Waals surface area contributed by atoms with Crippen LogP contribution in [0, 0.1) is 5.82 Å². The Hall–Kier alpha value is -2.66. The molecule has 3 rings (SSSR count). The number of nitrogens with zero attached hydrogens (tertiary/aromatic N) is 1. The zero-order chi connectivity index (χ0) is 14.7. The number of nitrogens with two attached hydrogens (primary N) is 1. The number of aromatic nitrogens is 1. The standard InChI is InChI=1S/C16H14FN3O/c17-13-5-2-6-14(8-13)20-16-19-10-15(21-16)12-4-1-3-11(7-12)9-18/h1-8,10H,9,18H2,(H,19,20). The van der Waals surface area contributed by atoms with Gasteiger partial charge in [0.2, 0.25) is 0 Å². The van der Waals surface area contributed by atoms with Gasteiger partial charge in [-0.2, -0.15) is 0 Å². The molecule has 0 fully saturated rings. The molecule has 3 N–H and O–H groups in total. The molecular weight excluding hydrogens is 269 g/mol. The number of rotatable bonds is 4. The van der Waals surface area contributed by atoms with E-state index < -0.39 is 0 Å². The SMILES string of the molecule is NCc1cccc(-c2cnc(Nc3cccc(F)c3)o2)c1. The van der Waals surface area contributed by atoms with Gasteiger partial charge in [-0.25, -0.2) is 9.37 Å². The molecule has 0 atom stereocenters. The monoisotopic (exact) mass is 283 g/mol. The number of hydrogen-bond donors (Lipinski definition) is 2. The highest BCUT2D eigenvalue weighted by molar-refractivity contribution is 5.60. The molecule has 0 aliphatic rings. The van der Waals surface area contributed by atoms with Crippen LogP contribution in [0.1, 0.15) is 5.56 Å². The van der Waals surface area contributed by atoms with E-state index in [1.165, 1.54) is 12.1 Å². The fourth-order valence-corrected chi connectivity index (χ4v) is 2.01. The summed E-state index contributed by atoms with van der Waals surface area (Å²) in [5.41, 5.74) is 8.12. The first-order valence-corrected chi connectivity index (χ1v) is 6.52. The molecule has 3 aromatic rings. The summed E-state index contributed by atoms with van der Waals surface area (Å²) in [5, 5.41) is 2.92. The molecule has 0 radical (unpaired) electrons. The summed E-state index contributed by atoms with van der Waals surface area (Å²) < 4.78 is 18.7. The zero-order valence-electron chi connectivity index (χ0n) is 11.2. The maximum Gasteiger partial charge on any atom is 0.299 e. The van der Waals surface area contributed by atoms with Crippen molar-refractivity contribution in [2.45, 2.75) is 6.54 Å². The van der Waals surface area contributed by atoms with E-state index in [-0.39, 0.29) is 5.82 Å². The summed E-state index contributed by atoms with van der Waals surface area (Å²) in [5.74, 6) is 0.312. The van der Waals surface area contributed by atoms with Crippen LogP contribution >= 0.6 is 0 Å². The van der Waals surface area contributed by atoms with E-state index in [0.29, 0.717) is 24.0 Å². The number of nitrogens with one attached hydrogen (secondary N) is 1. The topological polar surface area (TPSA) is 64.1 Å². The molecule has 1 heterocycles. The molecule has 5 heteroatoms. The molecule has 1 aromatic heterocycles. The Bertz CT molecular complexity index is 755. The second kappa shape index (κ2) is 5.76. The molecule has 0 saturated carbocycles. The van der Waals surface area contributed by atoms with Crippen molar-refractivity contribution in [3.63, 3.8) is 0 Å². The lowest BCUT2D eigenvalue weighted by atomic mass is 10.1. The highest BCUT2D eigenvalue weighted by Gasteiger charge is 2.07. The fourth-order valence-electron chi connectivity index (χ4n) is 2.01. The van der Waals surface area contributed by atoms with Crippen molar-refractivity contribution in [2.24, 2.45) is 5.73 Å². The Morgan fingerprint density at radius 2 is 2.00 bits per heavy atom. The van der Waals surface area contributed by atoms with Gasteiger partial charge >= 0.3 is 0 Å². The summed E-state index contributed by atoms with van der Waals surface area (Å²) in [7, 11) is 0. The largest absolute Gasteiger partial charge is 0.423 e. The number of anilines is 2. The molecule has 2 aromatic carbocycles. The van der Waals surface area contributed by atoms with Crippen LogP contribution in [0.3, 0.4) is 0 Å². The van der Waals surface area contributed by atoms with Gasteiger partial charge in [-0.3, -0.25) is 0 Å². The lowest BCUT2D eigenvalue weighted by molar-refractivity contribution is 0.591. The van der Waals surface area contributed by atoms with Crippen molar-refractivity contribution < 1.29 is 8.81 Å². The average Bonchev–Trinajstić information content (AvgIpc) is 2.96. The molecule has 0 spiro atoms. The maximum absolute atomic E-state index is 13.1. The highest BCUT2D eigenvalue weighted by atomic mass is 19.1. The third-order valence-corrected chi connectivity index (χ3v) is 3.03. The third-order valence-electron chi connectivity index (χ3n) is 3.03. The van der Waals surface area contributed by atoms with Gasteiger partial charge in [0.05, 0.1) is 6.20 Å². The lowest BCUT2D eigenvalue weighted by Crippen LogP contribution is -1.95. The predicted molar refractivity (Wildman–Crippen MR) is 79.5 cm³/mol. The molecule has 0 aliphatic carbocycles. The fraction of sp³-hybridized carbons (Fsp3) is 0.0625. The van der Waals surface area contributed by atoms with Crippen molar-refractivity contribution >= 4 is 11.7 Å². The van der Waals surface area contributed by atoms with E-state index >= 15 is 0 Å². The van der Waals surface area contributed by atoms with E-state index in [0.717, 1.165) is 11.1 Å². The van der Waals surface area contributed by atoms with Crippen molar-refractivity contribution in [1.82, 2.24) is 4.98 Å². The van der Waals surface area contributed by atoms with Crippen LogP contribution in [0.15, 0.2) is 59.1 Å². The van der Waals surface area contributed by atoms with E-state index in [1.807, 2.05) is 24.3 Å². The van der Waals surface area contributed by atoms with Crippen molar-refractivity contribution in [3.8, 4) is 11.3 Å². The Balaban J connectivity index is 1.82. The molecule has 0 saturated heterocycles. The van der Waals surface area contributed by atoms with Gasteiger partial charge < -0.3 is 15.5 Å². The third kappa shape index (κ3) is 3.09. The Labute approximate surface area is 121 Å². The van der Waals surface area contributed by atoms with Crippen molar-refractivity contribution in [1.29, 1.82) is 0 Å². The molecule has 0 aliphatic heterocycles. The van der Waals surface area contributed by atoms with Gasteiger partial charge in [0.1, 0.15) is 5.82 Å². The van der Waals surface area contributed by atoms with Crippen LogP contribution in [0.4, 0.5) is 16.1 Å². The lowest BCUT2D eigenvalue weighted by Gasteiger charge is -2.02. The molecule has 21 heavy (non-hydrogen) atoms. The van der Waals surface area contributed by atoms with Crippen LogP contribution < -0.4 is 11.1 Å². The van der Waals surface area contributed by atoms with E-state index in [2.05, 4.69) is 10.3 Å². The summed E-state index contributed by atoms with van der Waals surface area (Å²) in [4.78, 5) is 4.14. The summed E-state index contributed by atoms with van der Waals surface area (Å²) in [6, 6.07) is 14.2. The van der Waals surface area contributed by atoms with Gasteiger partial charge in [-0.15, -0.1) is 0 Å². The van der Waals surface area contributed by atoms with Crippen LogP contribution in [-0.4, -0.2) is 4.98 Å². The molecular formula is C16H14FN3O. The quantitative estimate of drug-likeness (QED) is 0.766. The van der Waals surface area contributed by atoms with Crippen LogP contribution in [0.2, 0.25) is 0 Å². The minimum Gasteiger partial charge on any atom is -0.423 e. The van der Waals surface area contributed by atoms with Gasteiger partial charge in [0.25, 0.3) is 6.01 Å². The molecule has 4 nitrogen and oxygen atoms in total. The van der Waals surface area contributed by atoms with Crippen molar-refractivity contribution in [3.05, 3.63) is 66.1 Å². The number of hydrogen-bond acceptors (Lipinski definition) is 4.